The van der Waals surface area contributed by atoms with Crippen molar-refractivity contribution in [3.05, 3.63) is 95.1 Å². The Labute approximate surface area is 288 Å². The predicted molar refractivity (Wildman–Crippen MR) is 182 cm³/mol. The molecule has 5 aromatic rings. The monoisotopic (exact) mass is 687 g/mol. The van der Waals surface area contributed by atoms with E-state index in [1.54, 1.807) is 18.2 Å². The van der Waals surface area contributed by atoms with Crippen LogP contribution >= 0.6 is 0 Å². The molecule has 12 heteroatoms. The Morgan fingerprint density at radius 2 is 1.76 bits per heavy atom. The molecular formula is C38H40F3N5O4. The molecule has 0 saturated carbocycles. The number of imidazole rings is 1. The van der Waals surface area contributed by atoms with Gasteiger partial charge in [-0.1, -0.05) is 12.1 Å². The Morgan fingerprint density at radius 3 is 2.48 bits per heavy atom. The molecule has 2 aromatic carbocycles. The summed E-state index contributed by atoms with van der Waals surface area (Å²) in [6, 6.07) is 16.6. The second-order valence-electron chi connectivity index (χ2n) is 14.1. The van der Waals surface area contributed by atoms with Gasteiger partial charge in [0.15, 0.2) is 0 Å². The SMILES string of the molecule is CC(C)(C)OC(=O)c1ccc2nc(CN3CCC(c4cccc(OCc5ccnc6cc(C(F)(F)F)ccc56)n4)CC3)n(C[C@@H]3CCO3)c2c1. The van der Waals surface area contributed by atoms with Gasteiger partial charge < -0.3 is 18.8 Å². The zero-order valence-electron chi connectivity index (χ0n) is 28.4. The average Bonchev–Trinajstić information content (AvgIpc) is 3.40. The van der Waals surface area contributed by atoms with E-state index in [0.29, 0.717) is 29.9 Å². The largest absolute Gasteiger partial charge is 0.473 e. The van der Waals surface area contributed by atoms with Gasteiger partial charge in [0.1, 0.15) is 18.0 Å². The van der Waals surface area contributed by atoms with Gasteiger partial charge in [-0.2, -0.15) is 13.2 Å². The van der Waals surface area contributed by atoms with Crippen LogP contribution in [0.15, 0.2) is 66.9 Å². The van der Waals surface area contributed by atoms with Crippen LogP contribution in [0.1, 0.15) is 79.0 Å². The molecule has 0 bridgehead atoms. The lowest BCUT2D eigenvalue weighted by Gasteiger charge is -2.32. The molecule has 5 heterocycles. The number of ether oxygens (including phenoxy) is 3. The third kappa shape index (κ3) is 7.61. The lowest BCUT2D eigenvalue weighted by molar-refractivity contribution is -0.137. The second kappa shape index (κ2) is 13.6. The van der Waals surface area contributed by atoms with Crippen LogP contribution in [-0.2, 0) is 35.3 Å². The number of esters is 1. The number of halogens is 3. The Bertz CT molecular complexity index is 2010. The number of aromatic nitrogens is 4. The highest BCUT2D eigenvalue weighted by molar-refractivity contribution is 5.94. The smallest absolute Gasteiger partial charge is 0.416 e. The van der Waals surface area contributed by atoms with Gasteiger partial charge in [-0.25, -0.2) is 14.8 Å². The summed E-state index contributed by atoms with van der Waals surface area (Å²) in [6.07, 6.45) is 0.0233. The maximum atomic E-state index is 13.2. The third-order valence-electron chi connectivity index (χ3n) is 9.29. The first-order valence-electron chi connectivity index (χ1n) is 17.0. The summed E-state index contributed by atoms with van der Waals surface area (Å²) in [7, 11) is 0. The van der Waals surface area contributed by atoms with Crippen LogP contribution < -0.4 is 4.74 Å². The number of likely N-dealkylation sites (tertiary alicyclic amines) is 1. The van der Waals surface area contributed by atoms with Gasteiger partial charge in [0, 0.05) is 41.4 Å². The van der Waals surface area contributed by atoms with Gasteiger partial charge >= 0.3 is 12.1 Å². The Hall–Kier alpha value is -4.55. The molecule has 2 aliphatic rings. The van der Waals surface area contributed by atoms with Crippen molar-refractivity contribution in [2.75, 3.05) is 19.7 Å². The van der Waals surface area contributed by atoms with E-state index in [4.69, 9.17) is 24.2 Å². The summed E-state index contributed by atoms with van der Waals surface area (Å²) in [5, 5.41) is 0.612. The number of benzene rings is 2. The van der Waals surface area contributed by atoms with Crippen molar-refractivity contribution in [3.63, 3.8) is 0 Å². The van der Waals surface area contributed by atoms with Gasteiger partial charge in [-0.3, -0.25) is 9.88 Å². The van der Waals surface area contributed by atoms with Crippen molar-refractivity contribution in [1.82, 2.24) is 24.4 Å². The molecule has 50 heavy (non-hydrogen) atoms. The van der Waals surface area contributed by atoms with E-state index >= 15 is 0 Å². The van der Waals surface area contributed by atoms with E-state index in [-0.39, 0.29) is 30.1 Å². The fourth-order valence-electron chi connectivity index (χ4n) is 6.58. The molecule has 2 fully saturated rings. The first kappa shape index (κ1) is 33.9. The number of carbonyl (C=O) groups excluding carboxylic acids is 1. The van der Waals surface area contributed by atoms with Crippen LogP contribution in [0.25, 0.3) is 21.9 Å². The number of fused-ring (bicyclic) bond motifs is 2. The molecular weight excluding hydrogens is 647 g/mol. The molecule has 0 aliphatic carbocycles. The third-order valence-corrected chi connectivity index (χ3v) is 9.29. The summed E-state index contributed by atoms with van der Waals surface area (Å²) in [6.45, 7) is 9.59. The highest BCUT2D eigenvalue weighted by Crippen LogP contribution is 2.33. The van der Waals surface area contributed by atoms with E-state index in [1.807, 2.05) is 45.0 Å². The van der Waals surface area contributed by atoms with Crippen LogP contribution in [-0.4, -0.2) is 61.8 Å². The maximum absolute atomic E-state index is 13.2. The molecule has 3 aromatic heterocycles. The summed E-state index contributed by atoms with van der Waals surface area (Å²) < 4.78 is 59.2. The molecule has 0 N–H and O–H groups in total. The molecule has 7 rings (SSSR count). The van der Waals surface area contributed by atoms with Gasteiger partial charge in [0.05, 0.1) is 46.9 Å². The number of alkyl halides is 3. The van der Waals surface area contributed by atoms with E-state index in [0.717, 1.165) is 79.2 Å². The summed E-state index contributed by atoms with van der Waals surface area (Å²) in [4.78, 5) is 29.2. The van der Waals surface area contributed by atoms with Crippen LogP contribution in [0.3, 0.4) is 0 Å². The first-order chi connectivity index (χ1) is 23.9. The molecule has 262 valence electrons. The van der Waals surface area contributed by atoms with E-state index in [1.165, 1.54) is 12.3 Å². The average molecular weight is 688 g/mol. The molecule has 0 unspecified atom stereocenters. The number of rotatable bonds is 9. The number of carbonyl (C=O) groups is 1. The fourth-order valence-corrected chi connectivity index (χ4v) is 6.58. The van der Waals surface area contributed by atoms with Crippen molar-refractivity contribution >= 4 is 27.9 Å². The normalized spacial score (nSPS) is 17.6. The Morgan fingerprint density at radius 1 is 0.960 bits per heavy atom. The van der Waals surface area contributed by atoms with Crippen molar-refractivity contribution in [3.8, 4) is 5.88 Å². The molecule has 1 atom stereocenters. The zero-order chi connectivity index (χ0) is 35.0. The Kier molecular flexibility index (Phi) is 9.25. The second-order valence-corrected chi connectivity index (χ2v) is 14.1. The minimum Gasteiger partial charge on any atom is -0.473 e. The number of piperidine rings is 1. The molecule has 0 amide bonds. The number of nitrogens with zero attached hydrogens (tertiary/aromatic N) is 5. The van der Waals surface area contributed by atoms with Crippen molar-refractivity contribution in [2.24, 2.45) is 0 Å². The summed E-state index contributed by atoms with van der Waals surface area (Å²) >= 11 is 0. The summed E-state index contributed by atoms with van der Waals surface area (Å²) in [5.41, 5.74) is 2.90. The highest BCUT2D eigenvalue weighted by Gasteiger charge is 2.31. The molecule has 0 spiro atoms. The lowest BCUT2D eigenvalue weighted by Crippen LogP contribution is -2.35. The van der Waals surface area contributed by atoms with Crippen LogP contribution in [0, 0.1) is 0 Å². The summed E-state index contributed by atoms with van der Waals surface area (Å²) in [5.74, 6) is 1.32. The van der Waals surface area contributed by atoms with E-state index in [2.05, 4.69) is 14.5 Å². The van der Waals surface area contributed by atoms with Gasteiger partial charge in [0.2, 0.25) is 5.88 Å². The fraction of sp³-hybridized carbons (Fsp3) is 0.421. The zero-order valence-corrected chi connectivity index (χ0v) is 28.4. The van der Waals surface area contributed by atoms with Crippen LogP contribution in [0.2, 0.25) is 0 Å². The number of hydrogen-bond acceptors (Lipinski definition) is 8. The molecule has 9 nitrogen and oxygen atoms in total. The van der Waals surface area contributed by atoms with Crippen LogP contribution in [0.4, 0.5) is 13.2 Å². The predicted octanol–water partition coefficient (Wildman–Crippen LogP) is 7.70. The first-order valence-corrected chi connectivity index (χ1v) is 17.0. The van der Waals surface area contributed by atoms with Crippen LogP contribution in [0.5, 0.6) is 5.88 Å². The minimum atomic E-state index is -4.43. The lowest BCUT2D eigenvalue weighted by atomic mass is 9.93. The maximum Gasteiger partial charge on any atom is 0.416 e. The van der Waals surface area contributed by atoms with Gasteiger partial charge in [-0.15, -0.1) is 0 Å². The minimum absolute atomic E-state index is 0.127. The molecule has 2 saturated heterocycles. The van der Waals surface area contributed by atoms with Gasteiger partial charge in [0.25, 0.3) is 0 Å². The standard InChI is InChI=1S/C38H40F3N5O4/c1-37(2,3)50-36(47)25-7-10-31-33(19-25)46(21-28-14-18-48-28)34(43-31)22-45-16-12-24(13-17-45)30-5-4-6-35(44-30)49-23-26-11-15-42-32-20-27(38(39,40)41)8-9-29(26)32/h4-11,15,19-20,24,28H,12-14,16-18,21-23H2,1-3H3/t28-/m0/s1. The van der Waals surface area contributed by atoms with E-state index < -0.39 is 17.3 Å². The quantitative estimate of drug-likeness (QED) is 0.146. The Balaban J connectivity index is 1.01. The van der Waals surface area contributed by atoms with Crippen molar-refractivity contribution in [1.29, 1.82) is 0 Å². The molecule has 2 aliphatic heterocycles. The highest BCUT2D eigenvalue weighted by atomic mass is 19.4. The number of hydrogen-bond donors (Lipinski definition) is 0. The topological polar surface area (TPSA) is 91.6 Å². The number of pyridine rings is 2. The van der Waals surface area contributed by atoms with Crippen molar-refractivity contribution in [2.45, 2.75) is 83.5 Å². The van der Waals surface area contributed by atoms with E-state index in [9.17, 15) is 18.0 Å². The van der Waals surface area contributed by atoms with Gasteiger partial charge in [-0.05, 0) is 95.6 Å². The van der Waals surface area contributed by atoms with Crippen molar-refractivity contribution < 1.29 is 32.2 Å². The molecule has 0 radical (unpaired) electrons.